The molecule has 0 saturated heterocycles. The van der Waals surface area contributed by atoms with E-state index in [4.69, 9.17) is 3.32 Å². The average molecular weight is 392 g/mol. The van der Waals surface area contributed by atoms with Crippen LogP contribution < -0.4 is 8.22 Å². The first-order chi connectivity index (χ1) is 9.77. The first-order valence-electron chi connectivity index (χ1n) is 7.39. The van der Waals surface area contributed by atoms with Crippen LogP contribution in [0.2, 0.25) is 0 Å². The van der Waals surface area contributed by atoms with Gasteiger partial charge in [0.2, 0.25) is 0 Å². The fourth-order valence-electron chi connectivity index (χ4n) is 2.19. The van der Waals surface area contributed by atoms with E-state index in [1.54, 1.807) is 0 Å². The molecule has 0 heterocycles. The number of hydrogen-bond donors (Lipinski definition) is 0. The first-order valence-corrected chi connectivity index (χ1v) is 8.81. The molecule has 1 aliphatic rings. The number of anilines is 1. The van der Waals surface area contributed by atoms with Crippen LogP contribution >= 0.6 is 24.8 Å². The molecule has 2 rings (SSSR count). The van der Waals surface area contributed by atoms with Crippen molar-refractivity contribution in [1.29, 1.82) is 0 Å². The quantitative estimate of drug-likeness (QED) is 0.628. The smallest absolute Gasteiger partial charge is 0.147 e. The molecular formula is C18H27Cl2NOTi. The Kier molecular flexibility index (Phi) is 9.01. The predicted octanol–water partition coefficient (Wildman–Crippen LogP) is 5.50. The zero-order valence-corrected chi connectivity index (χ0v) is 18.0. The molecule has 0 spiro atoms. The van der Waals surface area contributed by atoms with Gasteiger partial charge in [-0.2, -0.15) is 0 Å². The van der Waals surface area contributed by atoms with Crippen molar-refractivity contribution in [3.63, 3.8) is 0 Å². The summed E-state index contributed by atoms with van der Waals surface area (Å²) in [5.74, 6) is 1.01. The number of benzene rings is 1. The van der Waals surface area contributed by atoms with Crippen molar-refractivity contribution < 1.29 is 22.9 Å². The molecule has 23 heavy (non-hydrogen) atoms. The van der Waals surface area contributed by atoms with E-state index in [0.29, 0.717) is 0 Å². The van der Waals surface area contributed by atoms with Gasteiger partial charge in [0.1, 0.15) is 0 Å². The van der Waals surface area contributed by atoms with Crippen LogP contribution in [0.15, 0.2) is 39.8 Å². The fourth-order valence-corrected chi connectivity index (χ4v) is 3.45. The summed E-state index contributed by atoms with van der Waals surface area (Å²) in [4.78, 5) is 2.14. The number of nitrogens with zero attached hydrogens (tertiary/aromatic N) is 1. The summed E-state index contributed by atoms with van der Waals surface area (Å²) >= 11 is -0.526. The Hall–Kier alpha value is -0.406. The maximum atomic E-state index is 6.19. The van der Waals surface area contributed by atoms with Crippen LogP contribution in [-0.2, 0) is 25.0 Å². The molecule has 0 unspecified atom stereocenters. The van der Waals surface area contributed by atoms with Crippen molar-refractivity contribution in [2.75, 3.05) is 19.0 Å². The zero-order valence-electron chi connectivity index (χ0n) is 14.8. The molecule has 0 N–H and O–H groups in total. The molecule has 5 heteroatoms. The van der Waals surface area contributed by atoms with Gasteiger partial charge in [-0.1, -0.05) is 0 Å². The molecule has 0 bridgehead atoms. The minimum atomic E-state index is -0.526. The second-order valence-electron chi connectivity index (χ2n) is 6.83. The van der Waals surface area contributed by atoms with Gasteiger partial charge >= 0.3 is 138 Å². The molecule has 1 aromatic rings. The molecule has 0 aromatic heterocycles. The maximum absolute atomic E-state index is 6.19. The standard InChI is InChI=1S/C12H19NO.C6H7.2ClH.Ti/c1-12(2,3)9-6-10(13(4)5)8-11(14)7-9;1-6-4-2-3-5-6;;;/h6-8,14H,1-5H3;2,4H,3H2,1H3;2*1H;/q;;;;+1/p-1. The summed E-state index contributed by atoms with van der Waals surface area (Å²) in [5.41, 5.74) is 4.06. The van der Waals surface area contributed by atoms with Gasteiger partial charge in [-0.15, -0.1) is 24.8 Å². The van der Waals surface area contributed by atoms with E-state index in [9.17, 15) is 0 Å². The molecule has 0 saturated carbocycles. The summed E-state index contributed by atoms with van der Waals surface area (Å²) in [6.07, 6.45) is 5.51. The van der Waals surface area contributed by atoms with E-state index in [1.807, 2.05) is 0 Å². The van der Waals surface area contributed by atoms with Gasteiger partial charge in [-0.3, -0.25) is 0 Å². The second kappa shape index (κ2) is 9.18. The maximum Gasteiger partial charge on any atom is -0.147 e. The second-order valence-corrected chi connectivity index (χ2v) is 8.41. The Morgan fingerprint density at radius 1 is 1.09 bits per heavy atom. The molecule has 0 atom stereocenters. The summed E-state index contributed by atoms with van der Waals surface area (Å²) in [6, 6.07) is 6.61. The summed E-state index contributed by atoms with van der Waals surface area (Å²) in [7, 11) is 4.16. The number of rotatable bonds is 4. The van der Waals surface area contributed by atoms with Gasteiger partial charge in [0.15, 0.2) is 0 Å². The zero-order chi connectivity index (χ0) is 15.6. The minimum Gasteiger partial charge on any atom is -0.147 e. The Morgan fingerprint density at radius 2 is 1.74 bits per heavy atom. The van der Waals surface area contributed by atoms with E-state index in [1.165, 1.54) is 20.7 Å². The normalized spacial score (nSPS) is 13.3. The molecule has 1 aromatic carbocycles. The molecular weight excluding hydrogens is 365 g/mol. The number of halogens is 2. The van der Waals surface area contributed by atoms with Crippen molar-refractivity contribution in [1.82, 2.24) is 0 Å². The third-order valence-electron chi connectivity index (χ3n) is 3.73. The average Bonchev–Trinajstić information content (AvgIpc) is 2.80. The molecule has 1 aliphatic carbocycles. The number of allylic oxidation sites excluding steroid dienone is 4. The molecule has 0 amide bonds. The topological polar surface area (TPSA) is 12.5 Å². The summed E-state index contributed by atoms with van der Waals surface area (Å²) in [6.45, 7) is 8.92. The third-order valence-corrected chi connectivity index (χ3v) is 5.58. The van der Waals surface area contributed by atoms with Gasteiger partial charge in [0.05, 0.1) is 0 Å². The molecule has 0 radical (unpaired) electrons. The van der Waals surface area contributed by atoms with Crippen molar-refractivity contribution in [3.05, 3.63) is 45.4 Å². The van der Waals surface area contributed by atoms with Crippen LogP contribution in [0.5, 0.6) is 5.75 Å². The molecule has 0 fully saturated rings. The van der Waals surface area contributed by atoms with Crippen LogP contribution in [0.3, 0.4) is 0 Å². The number of hydrogen-bond acceptors (Lipinski definition) is 2. The van der Waals surface area contributed by atoms with Crippen LogP contribution in [0.4, 0.5) is 5.69 Å². The molecule has 2 nitrogen and oxygen atoms in total. The van der Waals surface area contributed by atoms with E-state index in [2.05, 4.69) is 77.0 Å². The third kappa shape index (κ3) is 6.19. The molecule has 0 aliphatic heterocycles. The Labute approximate surface area is 162 Å². The summed E-state index contributed by atoms with van der Waals surface area (Å²) in [5, 5.41) is 0. The van der Waals surface area contributed by atoms with Crippen LogP contribution in [0.1, 0.15) is 39.7 Å². The fraction of sp³-hybridized carbons (Fsp3) is 0.444. The summed E-state index contributed by atoms with van der Waals surface area (Å²) < 4.78 is 7.69. The van der Waals surface area contributed by atoms with E-state index < -0.39 is 19.5 Å². The molecule has 128 valence electrons. The van der Waals surface area contributed by atoms with E-state index >= 15 is 0 Å². The van der Waals surface area contributed by atoms with Crippen molar-refractivity contribution in [2.45, 2.75) is 39.5 Å². The largest absolute Gasteiger partial charge is 0.147 e. The van der Waals surface area contributed by atoms with Crippen molar-refractivity contribution in [2.24, 2.45) is 0 Å². The predicted molar refractivity (Wildman–Crippen MR) is 101 cm³/mol. The van der Waals surface area contributed by atoms with Crippen molar-refractivity contribution >= 4 is 30.5 Å². The van der Waals surface area contributed by atoms with Gasteiger partial charge in [0.25, 0.3) is 0 Å². The first kappa shape index (κ1) is 22.6. The van der Waals surface area contributed by atoms with Crippen LogP contribution in [0.25, 0.3) is 0 Å². The Bertz CT molecular complexity index is 589. The van der Waals surface area contributed by atoms with Gasteiger partial charge in [-0.05, 0) is 0 Å². The minimum absolute atomic E-state index is 0. The van der Waals surface area contributed by atoms with Gasteiger partial charge < -0.3 is 0 Å². The Morgan fingerprint density at radius 3 is 2.22 bits per heavy atom. The van der Waals surface area contributed by atoms with Gasteiger partial charge in [-0.25, -0.2) is 0 Å². The Balaban J connectivity index is 0.00000242. The monoisotopic (exact) mass is 391 g/mol. The van der Waals surface area contributed by atoms with Crippen LogP contribution in [-0.4, -0.2) is 14.1 Å². The van der Waals surface area contributed by atoms with Gasteiger partial charge in [0, 0.05) is 0 Å². The van der Waals surface area contributed by atoms with E-state index in [-0.39, 0.29) is 30.2 Å². The van der Waals surface area contributed by atoms with Crippen LogP contribution in [0, 0.1) is 0 Å². The van der Waals surface area contributed by atoms with Crippen molar-refractivity contribution in [3.8, 4) is 5.75 Å². The van der Waals surface area contributed by atoms with E-state index in [0.717, 1.165) is 12.2 Å². The SMILES string of the molecule is CC1=[C]([Ti][O]c2cc(N(C)C)cc(C(C)(C)C)c2)CC=C1.Cl.Cl.